The number of rotatable bonds is 5. The summed E-state index contributed by atoms with van der Waals surface area (Å²) in [5.74, 6) is 0.697. The molecule has 3 aromatic rings. The molecule has 0 radical (unpaired) electrons. The van der Waals surface area contributed by atoms with Gasteiger partial charge in [-0.05, 0) is 37.3 Å². The van der Waals surface area contributed by atoms with E-state index in [1.165, 1.54) is 6.33 Å². The smallest absolute Gasteiger partial charge is 0.161 e. The molecule has 1 aromatic carbocycles. The van der Waals surface area contributed by atoms with Gasteiger partial charge in [0.15, 0.2) is 5.78 Å². The van der Waals surface area contributed by atoms with Gasteiger partial charge in [-0.3, -0.25) is 9.78 Å². The summed E-state index contributed by atoms with van der Waals surface area (Å²) in [5.41, 5.74) is 2.33. The van der Waals surface area contributed by atoms with Crippen LogP contribution >= 0.6 is 15.9 Å². The normalized spacial score (nSPS) is 11.1. The first-order chi connectivity index (χ1) is 11.7. The van der Waals surface area contributed by atoms with Gasteiger partial charge >= 0.3 is 0 Å². The van der Waals surface area contributed by atoms with Gasteiger partial charge in [0.1, 0.15) is 12.1 Å². The van der Waals surface area contributed by atoms with Gasteiger partial charge < -0.3 is 5.32 Å². The Morgan fingerprint density at radius 1 is 1.25 bits per heavy atom. The molecule has 2 aromatic heterocycles. The zero-order chi connectivity index (χ0) is 16.9. The zero-order valence-corrected chi connectivity index (χ0v) is 14.6. The van der Waals surface area contributed by atoms with Crippen molar-refractivity contribution in [1.82, 2.24) is 15.0 Å². The van der Waals surface area contributed by atoms with Crippen LogP contribution in [0.2, 0.25) is 0 Å². The molecule has 0 unspecified atom stereocenters. The van der Waals surface area contributed by atoms with Crippen LogP contribution in [0.5, 0.6) is 0 Å². The number of nitrogens with zero attached hydrogens (tertiary/aromatic N) is 3. The number of anilines is 2. The number of allylic oxidation sites excluding steroid dienone is 2. The molecular formula is C18H15BrN4O. The van der Waals surface area contributed by atoms with Crippen molar-refractivity contribution in [3.05, 3.63) is 65.2 Å². The minimum absolute atomic E-state index is 0.0164. The maximum atomic E-state index is 11.8. The van der Waals surface area contributed by atoms with E-state index in [9.17, 15) is 4.79 Å². The van der Waals surface area contributed by atoms with Crippen LogP contribution in [0.25, 0.3) is 10.9 Å². The molecule has 0 saturated heterocycles. The number of halogens is 1. The molecular weight excluding hydrogens is 368 g/mol. The second kappa shape index (κ2) is 7.31. The maximum absolute atomic E-state index is 11.8. The predicted octanol–water partition coefficient (Wildman–Crippen LogP) is 4.22. The van der Waals surface area contributed by atoms with Gasteiger partial charge in [-0.1, -0.05) is 28.1 Å². The van der Waals surface area contributed by atoms with Crippen molar-refractivity contribution >= 4 is 44.1 Å². The average molecular weight is 383 g/mol. The highest BCUT2D eigenvalue weighted by Crippen LogP contribution is 2.24. The lowest BCUT2D eigenvalue weighted by molar-refractivity contribution is -0.114. The van der Waals surface area contributed by atoms with Gasteiger partial charge in [-0.15, -0.1) is 0 Å². The SMILES string of the molecule is C/C=C/C(=O)Cc1cc2c(Nc3cccc(Br)c3)ncnc2cn1. The third-order valence-electron chi connectivity index (χ3n) is 3.37. The quantitative estimate of drug-likeness (QED) is 0.669. The summed E-state index contributed by atoms with van der Waals surface area (Å²) in [5, 5.41) is 4.12. The topological polar surface area (TPSA) is 67.8 Å². The van der Waals surface area contributed by atoms with E-state index in [1.807, 2.05) is 37.3 Å². The van der Waals surface area contributed by atoms with E-state index in [1.54, 1.807) is 18.3 Å². The molecule has 5 nitrogen and oxygen atoms in total. The number of nitrogens with one attached hydrogen (secondary N) is 1. The first kappa shape index (κ1) is 16.3. The molecule has 0 spiro atoms. The lowest BCUT2D eigenvalue weighted by atomic mass is 10.1. The van der Waals surface area contributed by atoms with Crippen LogP contribution in [-0.2, 0) is 11.2 Å². The number of carbonyl (C=O) groups excluding carboxylic acids is 1. The first-order valence-corrected chi connectivity index (χ1v) is 8.23. The first-order valence-electron chi connectivity index (χ1n) is 7.43. The molecule has 0 aliphatic carbocycles. The van der Waals surface area contributed by atoms with Crippen LogP contribution < -0.4 is 5.32 Å². The van der Waals surface area contributed by atoms with Crippen LogP contribution in [0, 0.1) is 0 Å². The van der Waals surface area contributed by atoms with Crippen molar-refractivity contribution in [3.63, 3.8) is 0 Å². The summed E-state index contributed by atoms with van der Waals surface area (Å²) >= 11 is 3.45. The molecule has 2 heterocycles. The fourth-order valence-corrected chi connectivity index (χ4v) is 2.72. The summed E-state index contributed by atoms with van der Waals surface area (Å²) in [4.78, 5) is 24.7. The summed E-state index contributed by atoms with van der Waals surface area (Å²) < 4.78 is 0.977. The third kappa shape index (κ3) is 3.83. The number of ketones is 1. The molecule has 1 N–H and O–H groups in total. The molecule has 0 aliphatic rings. The Hall–Kier alpha value is -2.60. The van der Waals surface area contributed by atoms with Crippen molar-refractivity contribution in [3.8, 4) is 0 Å². The minimum Gasteiger partial charge on any atom is -0.340 e. The van der Waals surface area contributed by atoms with Crippen LogP contribution in [-0.4, -0.2) is 20.7 Å². The molecule has 120 valence electrons. The van der Waals surface area contributed by atoms with Gasteiger partial charge in [0.2, 0.25) is 0 Å². The fourth-order valence-electron chi connectivity index (χ4n) is 2.32. The third-order valence-corrected chi connectivity index (χ3v) is 3.87. The molecule has 0 amide bonds. The lowest BCUT2D eigenvalue weighted by Crippen LogP contribution is -2.02. The largest absolute Gasteiger partial charge is 0.340 e. The van der Waals surface area contributed by atoms with E-state index >= 15 is 0 Å². The lowest BCUT2D eigenvalue weighted by Gasteiger charge is -2.09. The highest BCUT2D eigenvalue weighted by atomic mass is 79.9. The summed E-state index contributed by atoms with van der Waals surface area (Å²) in [6.45, 7) is 1.82. The Labute approximate surface area is 148 Å². The summed E-state index contributed by atoms with van der Waals surface area (Å²) in [6, 6.07) is 9.68. The van der Waals surface area contributed by atoms with Gasteiger partial charge in [0.05, 0.1) is 18.1 Å². The molecule has 3 rings (SSSR count). The zero-order valence-electron chi connectivity index (χ0n) is 13.0. The van der Waals surface area contributed by atoms with Gasteiger partial charge in [-0.2, -0.15) is 0 Å². The highest BCUT2D eigenvalue weighted by Gasteiger charge is 2.08. The van der Waals surface area contributed by atoms with E-state index in [4.69, 9.17) is 0 Å². The number of pyridine rings is 1. The number of hydrogen-bond donors (Lipinski definition) is 1. The summed E-state index contributed by atoms with van der Waals surface area (Å²) in [6.07, 6.45) is 6.70. The second-order valence-corrected chi connectivity index (χ2v) is 6.11. The molecule has 0 bridgehead atoms. The number of fused-ring (bicyclic) bond motifs is 1. The van der Waals surface area contributed by atoms with Crippen molar-refractivity contribution in [1.29, 1.82) is 0 Å². The Balaban J connectivity index is 1.96. The molecule has 0 fully saturated rings. The van der Waals surface area contributed by atoms with E-state index in [-0.39, 0.29) is 12.2 Å². The highest BCUT2D eigenvalue weighted by molar-refractivity contribution is 9.10. The molecule has 0 aliphatic heterocycles. The Morgan fingerprint density at radius 2 is 2.12 bits per heavy atom. The monoisotopic (exact) mass is 382 g/mol. The second-order valence-electron chi connectivity index (χ2n) is 5.19. The van der Waals surface area contributed by atoms with E-state index in [0.29, 0.717) is 11.5 Å². The molecule has 24 heavy (non-hydrogen) atoms. The number of hydrogen-bond acceptors (Lipinski definition) is 5. The number of benzene rings is 1. The van der Waals surface area contributed by atoms with Crippen LogP contribution in [0.1, 0.15) is 12.6 Å². The van der Waals surface area contributed by atoms with Crippen molar-refractivity contribution in [2.24, 2.45) is 0 Å². The maximum Gasteiger partial charge on any atom is 0.161 e. The number of carbonyl (C=O) groups is 1. The van der Waals surface area contributed by atoms with Gasteiger partial charge in [0.25, 0.3) is 0 Å². The Kier molecular flexibility index (Phi) is 4.96. The average Bonchev–Trinajstić information content (AvgIpc) is 2.56. The minimum atomic E-state index is 0.0164. The van der Waals surface area contributed by atoms with E-state index < -0.39 is 0 Å². The number of aromatic nitrogens is 3. The van der Waals surface area contributed by atoms with Crippen molar-refractivity contribution in [2.45, 2.75) is 13.3 Å². The summed E-state index contributed by atoms with van der Waals surface area (Å²) in [7, 11) is 0. The van der Waals surface area contributed by atoms with E-state index in [0.717, 1.165) is 21.1 Å². The Bertz CT molecular complexity index is 924. The van der Waals surface area contributed by atoms with Crippen LogP contribution in [0.3, 0.4) is 0 Å². The fraction of sp³-hybridized carbons (Fsp3) is 0.111. The predicted molar refractivity (Wildman–Crippen MR) is 98.3 cm³/mol. The van der Waals surface area contributed by atoms with Crippen molar-refractivity contribution < 1.29 is 4.79 Å². The molecule has 0 saturated carbocycles. The van der Waals surface area contributed by atoms with Gasteiger partial charge in [0, 0.05) is 21.2 Å². The van der Waals surface area contributed by atoms with Crippen molar-refractivity contribution in [2.75, 3.05) is 5.32 Å². The molecule has 0 atom stereocenters. The van der Waals surface area contributed by atoms with Crippen LogP contribution in [0.15, 0.2) is 59.5 Å². The van der Waals surface area contributed by atoms with E-state index in [2.05, 4.69) is 36.2 Å². The van der Waals surface area contributed by atoms with Crippen LogP contribution in [0.4, 0.5) is 11.5 Å². The van der Waals surface area contributed by atoms with Gasteiger partial charge in [-0.25, -0.2) is 9.97 Å². The molecule has 6 heteroatoms. The Morgan fingerprint density at radius 3 is 2.92 bits per heavy atom. The standard InChI is InChI=1S/C18H15BrN4O/c1-2-4-15(24)8-14-9-16-17(10-20-14)21-11-22-18(16)23-13-6-3-5-12(19)7-13/h2-7,9-11H,8H2,1H3,(H,21,22,23)/b4-2+.